The van der Waals surface area contributed by atoms with Gasteiger partial charge in [0.05, 0.1) is 6.54 Å². The Kier molecular flexibility index (Phi) is 4.39. The van der Waals surface area contributed by atoms with Crippen molar-refractivity contribution in [2.75, 3.05) is 0 Å². The molecule has 1 fully saturated rings. The maximum Gasteiger partial charge on any atom is 0.312 e. The number of carbonyl (C=O) groups is 1. The van der Waals surface area contributed by atoms with Crippen molar-refractivity contribution in [1.29, 1.82) is 0 Å². The molecule has 1 aliphatic rings. The minimum Gasteiger partial charge on any atom is -0.352 e. The Balaban J connectivity index is 1.88. The third-order valence-electron chi connectivity index (χ3n) is 3.97. The van der Waals surface area contributed by atoms with Gasteiger partial charge in [-0.3, -0.25) is 0 Å². The zero-order valence-electron chi connectivity index (χ0n) is 11.6. The summed E-state index contributed by atoms with van der Waals surface area (Å²) in [6.07, 6.45) is 4.65. The van der Waals surface area contributed by atoms with Gasteiger partial charge < -0.3 is 15.6 Å². The number of hydrogen-bond acceptors (Lipinski definition) is 4. The number of rotatable bonds is 4. The Morgan fingerprint density at radius 2 is 2.11 bits per heavy atom. The molecule has 0 bridgehead atoms. The molecule has 2 rings (SSSR count). The first-order chi connectivity index (χ1) is 9.06. The van der Waals surface area contributed by atoms with Gasteiger partial charge in [0.2, 0.25) is 5.89 Å². The van der Waals surface area contributed by atoms with E-state index in [1.54, 1.807) is 0 Å². The fourth-order valence-corrected chi connectivity index (χ4v) is 2.70. The average Bonchev–Trinajstić information content (AvgIpc) is 2.85. The summed E-state index contributed by atoms with van der Waals surface area (Å²) in [6.45, 7) is 4.79. The number of nitrogens with one attached hydrogen (secondary N) is 1. The van der Waals surface area contributed by atoms with Gasteiger partial charge >= 0.3 is 6.03 Å². The second-order valence-corrected chi connectivity index (χ2v) is 5.62. The molecular formula is C13H22N4O2. The number of hydrogen-bond donors (Lipinski definition) is 2. The van der Waals surface area contributed by atoms with Crippen molar-refractivity contribution in [3.05, 3.63) is 11.7 Å². The van der Waals surface area contributed by atoms with E-state index >= 15 is 0 Å². The number of aromatic nitrogens is 2. The molecule has 6 nitrogen and oxygen atoms in total. The maximum absolute atomic E-state index is 10.6. The molecule has 6 heteroatoms. The van der Waals surface area contributed by atoms with E-state index in [0.717, 1.165) is 24.7 Å². The molecule has 1 aromatic heterocycles. The maximum atomic E-state index is 10.6. The average molecular weight is 266 g/mol. The molecule has 1 aromatic rings. The number of carbonyl (C=O) groups excluding carboxylic acids is 1. The Morgan fingerprint density at radius 1 is 1.42 bits per heavy atom. The molecule has 1 heterocycles. The first kappa shape index (κ1) is 13.8. The summed E-state index contributed by atoms with van der Waals surface area (Å²) >= 11 is 0. The lowest BCUT2D eigenvalue weighted by atomic mass is 9.77. The van der Waals surface area contributed by atoms with Gasteiger partial charge in [-0.15, -0.1) is 0 Å². The first-order valence-corrected chi connectivity index (χ1v) is 6.92. The normalized spacial score (nSPS) is 23.5. The topological polar surface area (TPSA) is 94.0 Å². The molecule has 0 spiro atoms. The minimum absolute atomic E-state index is 0.222. The van der Waals surface area contributed by atoms with Crippen LogP contribution in [-0.4, -0.2) is 16.2 Å². The highest BCUT2D eigenvalue weighted by Crippen LogP contribution is 2.37. The second-order valence-electron chi connectivity index (χ2n) is 5.62. The van der Waals surface area contributed by atoms with Crippen LogP contribution in [0.15, 0.2) is 4.52 Å². The van der Waals surface area contributed by atoms with Gasteiger partial charge in [-0.05, 0) is 37.5 Å². The van der Waals surface area contributed by atoms with Crippen molar-refractivity contribution in [2.24, 2.45) is 17.6 Å². The molecule has 1 aliphatic carbocycles. The molecule has 0 saturated heterocycles. The van der Waals surface area contributed by atoms with E-state index in [1.165, 1.54) is 12.8 Å². The van der Waals surface area contributed by atoms with Crippen molar-refractivity contribution >= 4 is 6.03 Å². The molecule has 3 N–H and O–H groups in total. The summed E-state index contributed by atoms with van der Waals surface area (Å²) in [7, 11) is 0. The summed E-state index contributed by atoms with van der Waals surface area (Å²) in [6, 6.07) is -0.580. The monoisotopic (exact) mass is 266 g/mol. The Labute approximate surface area is 113 Å². The summed E-state index contributed by atoms with van der Waals surface area (Å²) in [5.74, 6) is 3.11. The lowest BCUT2D eigenvalue weighted by Crippen LogP contribution is -2.29. The molecule has 0 aliphatic heterocycles. The number of nitrogens with two attached hydrogens (primary N) is 1. The summed E-state index contributed by atoms with van der Waals surface area (Å²) < 4.78 is 5.28. The second kappa shape index (κ2) is 6.04. The third-order valence-corrected chi connectivity index (χ3v) is 3.97. The fourth-order valence-electron chi connectivity index (χ4n) is 2.70. The van der Waals surface area contributed by atoms with Crippen LogP contribution in [0.4, 0.5) is 4.79 Å². The van der Waals surface area contributed by atoms with Crippen LogP contribution in [0.2, 0.25) is 0 Å². The number of primary amides is 1. The van der Waals surface area contributed by atoms with E-state index in [9.17, 15) is 4.79 Å². The zero-order chi connectivity index (χ0) is 13.8. The van der Waals surface area contributed by atoms with Crippen LogP contribution in [0.25, 0.3) is 0 Å². The Morgan fingerprint density at radius 3 is 2.68 bits per heavy atom. The molecule has 0 radical (unpaired) electrons. The van der Waals surface area contributed by atoms with Crippen LogP contribution in [-0.2, 0) is 6.54 Å². The quantitative estimate of drug-likeness (QED) is 0.873. The van der Waals surface area contributed by atoms with Gasteiger partial charge in [-0.1, -0.05) is 19.0 Å². The largest absolute Gasteiger partial charge is 0.352 e. The van der Waals surface area contributed by atoms with Crippen molar-refractivity contribution in [1.82, 2.24) is 15.5 Å². The summed E-state index contributed by atoms with van der Waals surface area (Å²) in [4.78, 5) is 14.9. The van der Waals surface area contributed by atoms with E-state index in [-0.39, 0.29) is 6.54 Å². The van der Waals surface area contributed by atoms with Crippen LogP contribution >= 0.6 is 0 Å². The summed E-state index contributed by atoms with van der Waals surface area (Å²) in [5, 5.41) is 6.31. The van der Waals surface area contributed by atoms with Gasteiger partial charge in [0.25, 0.3) is 0 Å². The van der Waals surface area contributed by atoms with Crippen molar-refractivity contribution < 1.29 is 9.32 Å². The van der Waals surface area contributed by atoms with E-state index in [1.807, 2.05) is 0 Å². The number of urea groups is 1. The SMILES string of the molecule is CC(C)C1CCC(c2nc(CNC(N)=O)no2)CC1. The van der Waals surface area contributed by atoms with Crippen LogP contribution in [0.5, 0.6) is 0 Å². The lowest BCUT2D eigenvalue weighted by molar-refractivity contribution is 0.231. The Bertz CT molecular complexity index is 422. The molecule has 19 heavy (non-hydrogen) atoms. The van der Waals surface area contributed by atoms with Crippen LogP contribution in [0.1, 0.15) is 57.2 Å². The van der Waals surface area contributed by atoms with Crippen molar-refractivity contribution in [3.63, 3.8) is 0 Å². The molecule has 0 unspecified atom stereocenters. The van der Waals surface area contributed by atoms with Crippen LogP contribution in [0.3, 0.4) is 0 Å². The van der Waals surface area contributed by atoms with E-state index in [0.29, 0.717) is 17.6 Å². The van der Waals surface area contributed by atoms with Gasteiger partial charge in [-0.2, -0.15) is 4.98 Å². The molecular weight excluding hydrogens is 244 g/mol. The highest BCUT2D eigenvalue weighted by Gasteiger charge is 2.27. The van der Waals surface area contributed by atoms with Gasteiger partial charge in [0, 0.05) is 5.92 Å². The van der Waals surface area contributed by atoms with Crippen LogP contribution < -0.4 is 11.1 Å². The van der Waals surface area contributed by atoms with Gasteiger partial charge in [0.15, 0.2) is 5.82 Å². The minimum atomic E-state index is -0.580. The molecule has 0 aromatic carbocycles. The lowest BCUT2D eigenvalue weighted by Gasteiger charge is -2.28. The van der Waals surface area contributed by atoms with E-state index in [2.05, 4.69) is 29.3 Å². The van der Waals surface area contributed by atoms with Crippen LogP contribution in [0, 0.1) is 11.8 Å². The van der Waals surface area contributed by atoms with E-state index < -0.39 is 6.03 Å². The molecule has 106 valence electrons. The van der Waals surface area contributed by atoms with Gasteiger partial charge in [0.1, 0.15) is 0 Å². The molecule has 2 amide bonds. The fraction of sp³-hybridized carbons (Fsp3) is 0.769. The number of amides is 2. The highest BCUT2D eigenvalue weighted by atomic mass is 16.5. The van der Waals surface area contributed by atoms with E-state index in [4.69, 9.17) is 10.3 Å². The molecule has 0 atom stereocenters. The predicted octanol–water partition coefficient (Wildman–Crippen LogP) is 2.17. The molecule has 1 saturated carbocycles. The first-order valence-electron chi connectivity index (χ1n) is 6.92. The summed E-state index contributed by atoms with van der Waals surface area (Å²) in [5.41, 5.74) is 5.00. The zero-order valence-corrected chi connectivity index (χ0v) is 11.6. The van der Waals surface area contributed by atoms with Crippen molar-refractivity contribution in [2.45, 2.75) is 52.0 Å². The standard InChI is InChI=1S/C13H22N4O2/c1-8(2)9-3-5-10(6-4-9)12-16-11(17-19-12)7-15-13(14)18/h8-10H,3-7H2,1-2H3,(H3,14,15,18). The number of nitrogens with zero attached hydrogens (tertiary/aromatic N) is 2. The van der Waals surface area contributed by atoms with Crippen molar-refractivity contribution in [3.8, 4) is 0 Å². The van der Waals surface area contributed by atoms with Gasteiger partial charge in [-0.25, -0.2) is 4.79 Å². The predicted molar refractivity (Wildman–Crippen MR) is 70.3 cm³/mol. The third kappa shape index (κ3) is 3.68. The smallest absolute Gasteiger partial charge is 0.312 e. The Hall–Kier alpha value is -1.59. The highest BCUT2D eigenvalue weighted by molar-refractivity contribution is 5.71.